The molecule has 1 aromatic heterocycles. The minimum atomic E-state index is -0.0456. The molecule has 0 aliphatic rings. The first-order valence-electron chi connectivity index (χ1n) is 5.38. The van der Waals surface area contributed by atoms with E-state index in [-0.39, 0.29) is 5.56 Å². The maximum absolute atomic E-state index is 12.0. The molecule has 1 aromatic carbocycles. The van der Waals surface area contributed by atoms with Gasteiger partial charge in [-0.25, -0.2) is 4.68 Å². The van der Waals surface area contributed by atoms with Crippen molar-refractivity contribution in [2.45, 2.75) is 19.8 Å². The molecular weight excluding hydrogens is 348 g/mol. The Morgan fingerprint density at radius 1 is 1.24 bits per heavy atom. The van der Waals surface area contributed by atoms with Crippen molar-refractivity contribution in [3.63, 3.8) is 0 Å². The van der Waals surface area contributed by atoms with Crippen LogP contribution in [0.4, 0.5) is 0 Å². The predicted octanol–water partition coefficient (Wildman–Crippen LogP) is 3.64. The Hall–Kier alpha value is -0.810. The van der Waals surface area contributed by atoms with Crippen LogP contribution in [0.15, 0.2) is 38.0 Å². The normalized spacial score (nSPS) is 10.8. The minimum Gasteiger partial charge on any atom is -0.294 e. The molecule has 0 spiro atoms. The lowest BCUT2D eigenvalue weighted by Crippen LogP contribution is -2.14. The van der Waals surface area contributed by atoms with E-state index in [0.717, 1.165) is 28.7 Å². The van der Waals surface area contributed by atoms with Crippen molar-refractivity contribution >= 4 is 31.9 Å². The highest BCUT2D eigenvalue weighted by molar-refractivity contribution is 9.10. The highest BCUT2D eigenvalue weighted by atomic mass is 79.9. The molecule has 0 saturated heterocycles. The monoisotopic (exact) mass is 358 g/mol. The maximum atomic E-state index is 12.0. The third kappa shape index (κ3) is 2.55. The smallest absolute Gasteiger partial charge is 0.285 e. The van der Waals surface area contributed by atoms with Gasteiger partial charge in [-0.1, -0.05) is 29.3 Å². The van der Waals surface area contributed by atoms with Crippen LogP contribution in [0.3, 0.4) is 0 Å². The summed E-state index contributed by atoms with van der Waals surface area (Å²) < 4.78 is 3.18. The summed E-state index contributed by atoms with van der Waals surface area (Å²) in [6, 6.07) is 7.61. The Labute approximate surface area is 116 Å². The summed E-state index contributed by atoms with van der Waals surface area (Å²) in [6.45, 7) is 2.09. The van der Waals surface area contributed by atoms with E-state index in [1.54, 1.807) is 4.68 Å². The fourth-order valence-electron chi connectivity index (χ4n) is 1.65. The van der Waals surface area contributed by atoms with Gasteiger partial charge >= 0.3 is 0 Å². The Morgan fingerprint density at radius 2 is 1.88 bits per heavy atom. The molecule has 0 aliphatic heterocycles. The fourth-order valence-corrected chi connectivity index (χ4v) is 2.38. The predicted molar refractivity (Wildman–Crippen MR) is 75.8 cm³/mol. The van der Waals surface area contributed by atoms with Crippen molar-refractivity contribution in [2.24, 2.45) is 0 Å². The average Bonchev–Trinajstić information content (AvgIpc) is 2.59. The summed E-state index contributed by atoms with van der Waals surface area (Å²) in [5, 5.41) is 3.13. The quantitative estimate of drug-likeness (QED) is 0.892. The number of hydrogen-bond donors (Lipinski definition) is 1. The standard InChI is InChI=1S/C12H12Br2N2O/c1-2-3-10-11(14)12(17)16(15-10)9-6-4-8(13)5-7-9/h4-7,15H,2-3H2,1H3. The molecule has 0 amide bonds. The molecule has 1 N–H and O–H groups in total. The third-order valence-electron chi connectivity index (χ3n) is 2.49. The van der Waals surface area contributed by atoms with E-state index in [2.05, 4.69) is 43.9 Å². The number of aromatic nitrogens is 2. The van der Waals surface area contributed by atoms with Crippen LogP contribution in [0.2, 0.25) is 0 Å². The van der Waals surface area contributed by atoms with E-state index < -0.39 is 0 Å². The van der Waals surface area contributed by atoms with Gasteiger partial charge in [0.25, 0.3) is 5.56 Å². The Bertz CT molecular complexity index is 569. The number of aromatic amines is 1. The molecule has 0 bridgehead atoms. The van der Waals surface area contributed by atoms with Gasteiger partial charge in [0, 0.05) is 4.47 Å². The molecule has 0 fully saturated rings. The minimum absolute atomic E-state index is 0.0456. The van der Waals surface area contributed by atoms with Crippen molar-refractivity contribution in [2.75, 3.05) is 0 Å². The molecule has 3 nitrogen and oxygen atoms in total. The van der Waals surface area contributed by atoms with Gasteiger partial charge < -0.3 is 0 Å². The largest absolute Gasteiger partial charge is 0.294 e. The van der Waals surface area contributed by atoms with E-state index in [9.17, 15) is 4.79 Å². The molecule has 0 unspecified atom stereocenters. The summed E-state index contributed by atoms with van der Waals surface area (Å²) >= 11 is 6.71. The summed E-state index contributed by atoms with van der Waals surface area (Å²) in [5.74, 6) is 0. The first kappa shape index (κ1) is 12.6. The zero-order chi connectivity index (χ0) is 12.4. The Balaban J connectivity index is 2.49. The SMILES string of the molecule is CCCc1[nH]n(-c2ccc(Br)cc2)c(=O)c1Br. The fraction of sp³-hybridized carbons (Fsp3) is 0.250. The van der Waals surface area contributed by atoms with Crippen LogP contribution >= 0.6 is 31.9 Å². The van der Waals surface area contributed by atoms with Gasteiger partial charge in [0.15, 0.2) is 0 Å². The number of aryl methyl sites for hydroxylation is 1. The number of benzene rings is 1. The number of halogens is 2. The van der Waals surface area contributed by atoms with E-state index in [0.29, 0.717) is 4.47 Å². The maximum Gasteiger partial charge on any atom is 0.285 e. The van der Waals surface area contributed by atoms with E-state index in [4.69, 9.17) is 0 Å². The summed E-state index contributed by atoms with van der Waals surface area (Å²) in [5.41, 5.74) is 1.73. The topological polar surface area (TPSA) is 37.8 Å². The molecular formula is C12H12Br2N2O. The summed E-state index contributed by atoms with van der Waals surface area (Å²) in [6.07, 6.45) is 1.86. The first-order valence-corrected chi connectivity index (χ1v) is 6.97. The highest BCUT2D eigenvalue weighted by Crippen LogP contribution is 2.16. The number of hydrogen-bond acceptors (Lipinski definition) is 1. The number of nitrogens with zero attached hydrogens (tertiary/aromatic N) is 1. The van der Waals surface area contributed by atoms with Crippen LogP contribution in [0, 0.1) is 0 Å². The molecule has 1 heterocycles. The van der Waals surface area contributed by atoms with Gasteiger partial charge in [0.1, 0.15) is 4.47 Å². The van der Waals surface area contributed by atoms with Gasteiger partial charge in [-0.3, -0.25) is 9.89 Å². The molecule has 0 radical (unpaired) electrons. The second-order valence-corrected chi connectivity index (χ2v) is 5.48. The van der Waals surface area contributed by atoms with Crippen molar-refractivity contribution in [3.05, 3.63) is 49.3 Å². The molecule has 17 heavy (non-hydrogen) atoms. The zero-order valence-corrected chi connectivity index (χ0v) is 12.5. The molecule has 90 valence electrons. The van der Waals surface area contributed by atoms with E-state index in [1.165, 1.54) is 0 Å². The van der Waals surface area contributed by atoms with Crippen LogP contribution in [0.5, 0.6) is 0 Å². The van der Waals surface area contributed by atoms with Crippen molar-refractivity contribution in [1.29, 1.82) is 0 Å². The third-order valence-corrected chi connectivity index (χ3v) is 3.83. The molecule has 0 saturated carbocycles. The summed E-state index contributed by atoms with van der Waals surface area (Å²) in [4.78, 5) is 12.0. The highest BCUT2D eigenvalue weighted by Gasteiger charge is 2.11. The summed E-state index contributed by atoms with van der Waals surface area (Å²) in [7, 11) is 0. The van der Waals surface area contributed by atoms with Gasteiger partial charge in [-0.05, 0) is 46.6 Å². The molecule has 5 heteroatoms. The van der Waals surface area contributed by atoms with Crippen LogP contribution in [-0.2, 0) is 6.42 Å². The lowest BCUT2D eigenvalue weighted by atomic mass is 10.3. The van der Waals surface area contributed by atoms with Crippen molar-refractivity contribution in [1.82, 2.24) is 9.78 Å². The van der Waals surface area contributed by atoms with Gasteiger partial charge in [0.2, 0.25) is 0 Å². The zero-order valence-electron chi connectivity index (χ0n) is 9.34. The molecule has 0 atom stereocenters. The van der Waals surface area contributed by atoms with E-state index >= 15 is 0 Å². The Kier molecular flexibility index (Phi) is 3.89. The lowest BCUT2D eigenvalue weighted by Gasteiger charge is -2.01. The molecule has 2 aromatic rings. The number of rotatable bonds is 3. The van der Waals surface area contributed by atoms with Gasteiger partial charge in [0.05, 0.1) is 11.4 Å². The Morgan fingerprint density at radius 3 is 2.47 bits per heavy atom. The van der Waals surface area contributed by atoms with E-state index in [1.807, 2.05) is 24.3 Å². The van der Waals surface area contributed by atoms with Crippen molar-refractivity contribution < 1.29 is 0 Å². The number of H-pyrrole nitrogens is 1. The van der Waals surface area contributed by atoms with Crippen LogP contribution in [0.25, 0.3) is 5.69 Å². The average molecular weight is 360 g/mol. The second-order valence-electron chi connectivity index (χ2n) is 3.77. The van der Waals surface area contributed by atoms with Crippen molar-refractivity contribution in [3.8, 4) is 5.69 Å². The van der Waals surface area contributed by atoms with Gasteiger partial charge in [-0.15, -0.1) is 0 Å². The van der Waals surface area contributed by atoms with Crippen LogP contribution in [0.1, 0.15) is 19.0 Å². The molecule has 2 rings (SSSR count). The lowest BCUT2D eigenvalue weighted by molar-refractivity contribution is 0.793. The van der Waals surface area contributed by atoms with Crippen LogP contribution in [-0.4, -0.2) is 9.78 Å². The number of nitrogens with one attached hydrogen (secondary N) is 1. The second kappa shape index (κ2) is 5.23. The van der Waals surface area contributed by atoms with Gasteiger partial charge in [-0.2, -0.15) is 0 Å². The van der Waals surface area contributed by atoms with Crippen LogP contribution < -0.4 is 5.56 Å². The molecule has 0 aliphatic carbocycles. The first-order chi connectivity index (χ1) is 8.13.